The minimum absolute atomic E-state index is 0.0143. The van der Waals surface area contributed by atoms with Crippen molar-refractivity contribution in [2.75, 3.05) is 37.6 Å². The smallest absolute Gasteiger partial charge is 0.249 e. The molecule has 1 fully saturated rings. The maximum Gasteiger partial charge on any atom is 0.249 e. The summed E-state index contributed by atoms with van der Waals surface area (Å²) in [6.45, 7) is 6.58. The van der Waals surface area contributed by atoms with Crippen LogP contribution in [-0.2, 0) is 14.8 Å². The molecule has 0 aliphatic carbocycles. The highest BCUT2D eigenvalue weighted by Crippen LogP contribution is 2.25. The van der Waals surface area contributed by atoms with Crippen LogP contribution in [0.1, 0.15) is 18.9 Å². The predicted octanol–water partition coefficient (Wildman–Crippen LogP) is 3.19. The number of benzene rings is 2. The van der Waals surface area contributed by atoms with Crippen LogP contribution >= 0.6 is 0 Å². The van der Waals surface area contributed by atoms with Crippen molar-refractivity contribution in [3.63, 3.8) is 0 Å². The molecule has 0 aromatic heterocycles. The Balaban J connectivity index is 1.40. The first-order chi connectivity index (χ1) is 15.3. The highest BCUT2D eigenvalue weighted by atomic mass is 32.2. The number of hydrogen-bond acceptors (Lipinski definition) is 4. The molecule has 4 rings (SSSR count). The Morgan fingerprint density at radius 1 is 1.06 bits per heavy atom. The van der Waals surface area contributed by atoms with E-state index in [0.717, 1.165) is 18.7 Å². The fourth-order valence-electron chi connectivity index (χ4n) is 4.35. The van der Waals surface area contributed by atoms with Crippen molar-refractivity contribution >= 4 is 21.6 Å². The summed E-state index contributed by atoms with van der Waals surface area (Å²) < 4.78 is 40.0. The minimum atomic E-state index is -3.71. The van der Waals surface area contributed by atoms with Gasteiger partial charge in [-0.05, 0) is 62.2 Å². The number of carbonyl (C=O) groups excluding carboxylic acids is 1. The van der Waals surface area contributed by atoms with Crippen molar-refractivity contribution in [2.24, 2.45) is 0 Å². The molecule has 0 radical (unpaired) electrons. The summed E-state index contributed by atoms with van der Waals surface area (Å²) in [5.74, 6) is -0.494. The van der Waals surface area contributed by atoms with Crippen LogP contribution in [0, 0.1) is 12.7 Å². The first-order valence-electron chi connectivity index (χ1n) is 10.8. The Kier molecular flexibility index (Phi) is 6.35. The van der Waals surface area contributed by atoms with E-state index < -0.39 is 15.8 Å². The molecule has 6 nitrogen and oxygen atoms in total. The molecule has 1 atom stereocenters. The first-order valence-corrected chi connectivity index (χ1v) is 12.3. The van der Waals surface area contributed by atoms with Crippen molar-refractivity contribution in [3.8, 4) is 0 Å². The Morgan fingerprint density at radius 2 is 1.81 bits per heavy atom. The zero-order valence-electron chi connectivity index (χ0n) is 18.4. The van der Waals surface area contributed by atoms with Crippen LogP contribution in [0.5, 0.6) is 0 Å². The summed E-state index contributed by atoms with van der Waals surface area (Å²) in [6, 6.07) is 13.4. The van der Waals surface area contributed by atoms with Crippen molar-refractivity contribution in [2.45, 2.75) is 31.2 Å². The van der Waals surface area contributed by atoms with Gasteiger partial charge < -0.3 is 9.80 Å². The fourth-order valence-corrected chi connectivity index (χ4v) is 5.73. The van der Waals surface area contributed by atoms with Gasteiger partial charge in [-0.15, -0.1) is 0 Å². The predicted molar refractivity (Wildman–Crippen MR) is 122 cm³/mol. The molecule has 0 bridgehead atoms. The number of sulfonamides is 1. The summed E-state index contributed by atoms with van der Waals surface area (Å²) in [7, 11) is -3.71. The molecule has 8 heteroatoms. The van der Waals surface area contributed by atoms with Gasteiger partial charge in [-0.2, -0.15) is 4.31 Å². The van der Waals surface area contributed by atoms with E-state index >= 15 is 0 Å². The lowest BCUT2D eigenvalue weighted by molar-refractivity contribution is -0.128. The SMILES string of the molecule is Cc1cccc(N2CCN(C(=O)C3=CCN(S(=O)(=O)c4ccc(F)cc4)CC3)C[C@@H]2C)c1. The van der Waals surface area contributed by atoms with E-state index in [0.29, 0.717) is 25.1 Å². The van der Waals surface area contributed by atoms with E-state index in [1.54, 1.807) is 6.08 Å². The highest BCUT2D eigenvalue weighted by molar-refractivity contribution is 7.89. The second-order valence-electron chi connectivity index (χ2n) is 8.43. The number of aryl methyl sites for hydroxylation is 1. The van der Waals surface area contributed by atoms with Gasteiger partial charge in [0, 0.05) is 50.0 Å². The molecule has 1 saturated heterocycles. The molecular weight excluding hydrogens is 429 g/mol. The van der Waals surface area contributed by atoms with E-state index in [1.807, 2.05) is 11.0 Å². The highest BCUT2D eigenvalue weighted by Gasteiger charge is 2.32. The molecular formula is C24H28FN3O3S. The van der Waals surface area contributed by atoms with Gasteiger partial charge in [0.15, 0.2) is 0 Å². The molecule has 32 heavy (non-hydrogen) atoms. The van der Waals surface area contributed by atoms with Crippen LogP contribution in [0.25, 0.3) is 0 Å². The molecule has 0 saturated carbocycles. The van der Waals surface area contributed by atoms with E-state index in [1.165, 1.54) is 27.7 Å². The third-order valence-corrected chi connectivity index (χ3v) is 8.03. The second-order valence-corrected chi connectivity index (χ2v) is 10.4. The Bertz CT molecular complexity index is 1130. The first kappa shape index (κ1) is 22.5. The topological polar surface area (TPSA) is 60.9 Å². The van der Waals surface area contributed by atoms with Crippen molar-refractivity contribution in [1.29, 1.82) is 0 Å². The lowest BCUT2D eigenvalue weighted by atomic mass is 10.1. The summed E-state index contributed by atoms with van der Waals surface area (Å²) in [4.78, 5) is 17.3. The molecule has 1 amide bonds. The molecule has 2 aliphatic rings. The molecule has 0 N–H and O–H groups in total. The van der Waals surface area contributed by atoms with E-state index in [9.17, 15) is 17.6 Å². The number of nitrogens with zero attached hydrogens (tertiary/aromatic N) is 3. The summed E-state index contributed by atoms with van der Waals surface area (Å²) >= 11 is 0. The number of hydrogen-bond donors (Lipinski definition) is 0. The normalized spacial score (nSPS) is 20.2. The van der Waals surface area contributed by atoms with E-state index in [-0.39, 0.29) is 29.9 Å². The number of rotatable bonds is 4. The summed E-state index contributed by atoms with van der Waals surface area (Å²) in [5.41, 5.74) is 3.04. The molecule has 170 valence electrons. The van der Waals surface area contributed by atoms with Crippen LogP contribution in [0.3, 0.4) is 0 Å². The zero-order valence-corrected chi connectivity index (χ0v) is 19.2. The van der Waals surface area contributed by atoms with Gasteiger partial charge in [0.1, 0.15) is 5.82 Å². The van der Waals surface area contributed by atoms with Crippen LogP contribution < -0.4 is 4.90 Å². The number of amides is 1. The monoisotopic (exact) mass is 457 g/mol. The zero-order chi connectivity index (χ0) is 22.9. The van der Waals surface area contributed by atoms with Crippen molar-refractivity contribution < 1.29 is 17.6 Å². The largest absolute Gasteiger partial charge is 0.365 e. The Labute approximate surface area is 189 Å². The minimum Gasteiger partial charge on any atom is -0.365 e. The maximum absolute atomic E-state index is 13.1. The lowest BCUT2D eigenvalue weighted by Crippen LogP contribution is -2.54. The third kappa shape index (κ3) is 4.56. The Hall–Kier alpha value is -2.71. The molecule has 0 spiro atoms. The quantitative estimate of drug-likeness (QED) is 0.708. The number of piperazine rings is 1. The third-order valence-electron chi connectivity index (χ3n) is 6.15. The van der Waals surface area contributed by atoms with Crippen LogP contribution in [0.4, 0.5) is 10.1 Å². The van der Waals surface area contributed by atoms with Gasteiger partial charge in [0.2, 0.25) is 15.9 Å². The van der Waals surface area contributed by atoms with E-state index in [4.69, 9.17) is 0 Å². The average molecular weight is 458 g/mol. The number of anilines is 1. The fraction of sp³-hybridized carbons (Fsp3) is 0.375. The number of halogens is 1. The van der Waals surface area contributed by atoms with Crippen molar-refractivity contribution in [1.82, 2.24) is 9.21 Å². The maximum atomic E-state index is 13.1. The average Bonchev–Trinajstić information content (AvgIpc) is 2.79. The van der Waals surface area contributed by atoms with Gasteiger partial charge in [0.25, 0.3) is 0 Å². The van der Waals surface area contributed by atoms with Crippen LogP contribution in [-0.4, -0.2) is 62.3 Å². The van der Waals surface area contributed by atoms with Gasteiger partial charge in [-0.3, -0.25) is 4.79 Å². The molecule has 0 unspecified atom stereocenters. The molecule has 2 heterocycles. The molecule has 2 aliphatic heterocycles. The van der Waals surface area contributed by atoms with Gasteiger partial charge in [-0.25, -0.2) is 12.8 Å². The van der Waals surface area contributed by atoms with Gasteiger partial charge in [-0.1, -0.05) is 18.2 Å². The van der Waals surface area contributed by atoms with Crippen molar-refractivity contribution in [3.05, 3.63) is 71.6 Å². The van der Waals surface area contributed by atoms with E-state index in [2.05, 4.69) is 36.9 Å². The standard InChI is InChI=1S/C24H28FN3O3S/c1-18-4-3-5-22(16-18)28-15-14-26(17-19(28)2)24(29)20-10-12-27(13-11-20)32(30,31)23-8-6-21(25)7-9-23/h3-10,16,19H,11-15,17H2,1-2H3/t19-/m0/s1. The lowest BCUT2D eigenvalue weighted by Gasteiger charge is -2.42. The van der Waals surface area contributed by atoms with Crippen LogP contribution in [0.2, 0.25) is 0 Å². The van der Waals surface area contributed by atoms with Crippen LogP contribution in [0.15, 0.2) is 65.1 Å². The summed E-state index contributed by atoms with van der Waals surface area (Å²) in [5, 5.41) is 0. The van der Waals surface area contributed by atoms with Gasteiger partial charge >= 0.3 is 0 Å². The molecule has 2 aromatic rings. The number of carbonyl (C=O) groups is 1. The van der Waals surface area contributed by atoms with Gasteiger partial charge in [0.05, 0.1) is 4.90 Å². The second kappa shape index (κ2) is 9.03. The molecule has 2 aromatic carbocycles. The summed E-state index contributed by atoms with van der Waals surface area (Å²) in [6.07, 6.45) is 2.08. The Morgan fingerprint density at radius 3 is 2.44 bits per heavy atom.